The summed E-state index contributed by atoms with van der Waals surface area (Å²) in [5.41, 5.74) is 1.13. The van der Waals surface area contributed by atoms with Crippen LogP contribution in [-0.2, 0) is 7.05 Å². The van der Waals surface area contributed by atoms with Crippen molar-refractivity contribution in [2.24, 2.45) is 7.05 Å². The average molecular weight is 323 g/mol. The molecule has 1 aromatic heterocycles. The summed E-state index contributed by atoms with van der Waals surface area (Å²) in [5, 5.41) is 10.4. The van der Waals surface area contributed by atoms with Crippen LogP contribution in [0.4, 0.5) is 4.39 Å². The average Bonchev–Trinajstić information content (AvgIpc) is 3.01. The first-order chi connectivity index (χ1) is 10.5. The second-order valence-corrected chi connectivity index (χ2v) is 6.01. The summed E-state index contributed by atoms with van der Waals surface area (Å²) in [5.74, 6) is -0.576. The number of aromatic nitrogens is 1. The number of aryl methyl sites for hydroxylation is 1. The summed E-state index contributed by atoms with van der Waals surface area (Å²) in [4.78, 5) is 14.3. The number of likely N-dealkylation sites (tertiary alicyclic amines) is 1. The molecule has 0 bridgehead atoms. The van der Waals surface area contributed by atoms with Gasteiger partial charge in [-0.15, -0.1) is 0 Å². The minimum atomic E-state index is -0.618. The first-order valence-electron chi connectivity index (χ1n) is 7.02. The van der Waals surface area contributed by atoms with E-state index in [9.17, 15) is 14.3 Å². The molecule has 2 unspecified atom stereocenters. The maximum atomic E-state index is 13.4. The normalized spacial score (nSPS) is 21.4. The summed E-state index contributed by atoms with van der Waals surface area (Å²) in [6, 6.07) is 7.39. The van der Waals surface area contributed by atoms with Crippen molar-refractivity contribution >= 4 is 17.5 Å². The SMILES string of the molecule is Cn1cc(Cl)cc1C(=O)N1CC(O)CC1c1cccc(F)c1. The zero-order chi connectivity index (χ0) is 15.9. The molecule has 116 valence electrons. The maximum Gasteiger partial charge on any atom is 0.271 e. The predicted octanol–water partition coefficient (Wildman–Crippen LogP) is 2.77. The van der Waals surface area contributed by atoms with Crippen LogP contribution in [0.15, 0.2) is 36.5 Å². The van der Waals surface area contributed by atoms with Crippen LogP contribution >= 0.6 is 11.6 Å². The lowest BCUT2D eigenvalue weighted by Crippen LogP contribution is -2.33. The van der Waals surface area contributed by atoms with E-state index in [4.69, 9.17) is 11.6 Å². The Morgan fingerprint density at radius 2 is 2.18 bits per heavy atom. The Bertz CT molecular complexity index is 716. The number of hydrogen-bond donors (Lipinski definition) is 1. The minimum absolute atomic E-state index is 0.222. The molecule has 2 aromatic rings. The molecule has 0 radical (unpaired) electrons. The van der Waals surface area contributed by atoms with Crippen molar-refractivity contribution in [3.8, 4) is 0 Å². The van der Waals surface area contributed by atoms with Crippen LogP contribution in [0.2, 0.25) is 5.02 Å². The highest BCUT2D eigenvalue weighted by Crippen LogP contribution is 2.34. The van der Waals surface area contributed by atoms with Crippen LogP contribution in [-0.4, -0.2) is 33.1 Å². The molecule has 0 saturated carbocycles. The molecule has 1 aliphatic rings. The maximum absolute atomic E-state index is 13.4. The van der Waals surface area contributed by atoms with Gasteiger partial charge in [0.05, 0.1) is 17.2 Å². The second kappa shape index (κ2) is 5.74. The van der Waals surface area contributed by atoms with E-state index in [2.05, 4.69) is 0 Å². The molecular weight excluding hydrogens is 307 g/mol. The molecule has 6 heteroatoms. The van der Waals surface area contributed by atoms with Gasteiger partial charge in [-0.05, 0) is 30.2 Å². The Morgan fingerprint density at radius 3 is 2.82 bits per heavy atom. The molecule has 22 heavy (non-hydrogen) atoms. The number of aliphatic hydroxyl groups excluding tert-OH is 1. The largest absolute Gasteiger partial charge is 0.391 e. The lowest BCUT2D eigenvalue weighted by Gasteiger charge is -2.25. The van der Waals surface area contributed by atoms with E-state index in [0.717, 1.165) is 0 Å². The van der Waals surface area contributed by atoms with Gasteiger partial charge < -0.3 is 14.6 Å². The monoisotopic (exact) mass is 322 g/mol. The lowest BCUT2D eigenvalue weighted by molar-refractivity contribution is 0.0706. The van der Waals surface area contributed by atoms with Crippen LogP contribution < -0.4 is 0 Å². The van der Waals surface area contributed by atoms with Gasteiger partial charge in [-0.25, -0.2) is 4.39 Å². The highest BCUT2D eigenvalue weighted by molar-refractivity contribution is 6.31. The van der Waals surface area contributed by atoms with Crippen LogP contribution in [0.3, 0.4) is 0 Å². The number of aliphatic hydroxyl groups is 1. The molecule has 3 rings (SSSR count). The number of benzene rings is 1. The zero-order valence-electron chi connectivity index (χ0n) is 12.0. The Labute approximate surface area is 132 Å². The predicted molar refractivity (Wildman–Crippen MR) is 81.2 cm³/mol. The molecule has 0 aliphatic carbocycles. The number of rotatable bonds is 2. The molecule has 1 amide bonds. The molecule has 2 heterocycles. The third-order valence-corrected chi connectivity index (χ3v) is 4.17. The van der Waals surface area contributed by atoms with Crippen molar-refractivity contribution in [2.75, 3.05) is 6.54 Å². The summed E-state index contributed by atoms with van der Waals surface area (Å²) in [6.07, 6.45) is 1.43. The van der Waals surface area contributed by atoms with Gasteiger partial charge in [-0.3, -0.25) is 4.79 Å². The highest BCUT2D eigenvalue weighted by atomic mass is 35.5. The van der Waals surface area contributed by atoms with Gasteiger partial charge in [-0.2, -0.15) is 0 Å². The van der Waals surface area contributed by atoms with Crippen molar-refractivity contribution in [3.63, 3.8) is 0 Å². The number of carbonyl (C=O) groups excluding carboxylic acids is 1. The molecular formula is C16H16ClFN2O2. The molecule has 4 nitrogen and oxygen atoms in total. The van der Waals surface area contributed by atoms with Crippen molar-refractivity contribution in [1.82, 2.24) is 9.47 Å². The van der Waals surface area contributed by atoms with Gasteiger partial charge in [0.25, 0.3) is 5.91 Å². The number of carbonyl (C=O) groups is 1. The fourth-order valence-corrected chi connectivity index (χ4v) is 3.20. The smallest absolute Gasteiger partial charge is 0.271 e. The number of nitrogens with zero attached hydrogens (tertiary/aromatic N) is 2. The lowest BCUT2D eigenvalue weighted by atomic mass is 10.0. The summed E-state index contributed by atoms with van der Waals surface area (Å²) in [7, 11) is 1.74. The Balaban J connectivity index is 1.94. The fraction of sp³-hybridized carbons (Fsp3) is 0.312. The van der Waals surface area contributed by atoms with E-state index < -0.39 is 6.10 Å². The van der Waals surface area contributed by atoms with Gasteiger partial charge in [0.15, 0.2) is 0 Å². The van der Waals surface area contributed by atoms with Gasteiger partial charge >= 0.3 is 0 Å². The van der Waals surface area contributed by atoms with E-state index in [1.807, 2.05) is 0 Å². The van der Waals surface area contributed by atoms with E-state index >= 15 is 0 Å². The molecule has 0 spiro atoms. The van der Waals surface area contributed by atoms with E-state index in [0.29, 0.717) is 22.7 Å². The first kappa shape index (κ1) is 15.1. The molecule has 1 fully saturated rings. The van der Waals surface area contributed by atoms with E-state index in [1.165, 1.54) is 12.1 Å². The van der Waals surface area contributed by atoms with Crippen molar-refractivity contribution in [2.45, 2.75) is 18.6 Å². The summed E-state index contributed by atoms with van der Waals surface area (Å²) >= 11 is 5.93. The standard InChI is InChI=1S/C16H16ClFN2O2/c1-19-8-11(17)6-15(19)16(22)20-9-13(21)7-14(20)10-3-2-4-12(18)5-10/h2-6,8,13-14,21H,7,9H2,1H3. The molecule has 2 atom stereocenters. The number of β-amino-alcohol motifs (C(OH)–C–C–N with tert-alkyl or cyclic N) is 1. The van der Waals surface area contributed by atoms with Crippen molar-refractivity contribution in [3.05, 3.63) is 58.6 Å². The van der Waals surface area contributed by atoms with Crippen molar-refractivity contribution < 1.29 is 14.3 Å². The van der Waals surface area contributed by atoms with Crippen LogP contribution in [0.5, 0.6) is 0 Å². The zero-order valence-corrected chi connectivity index (χ0v) is 12.8. The van der Waals surface area contributed by atoms with Crippen LogP contribution in [0.1, 0.15) is 28.5 Å². The highest BCUT2D eigenvalue weighted by Gasteiger charge is 2.36. The van der Waals surface area contributed by atoms with Crippen LogP contribution in [0.25, 0.3) is 0 Å². The Kier molecular flexibility index (Phi) is 3.93. The first-order valence-corrected chi connectivity index (χ1v) is 7.40. The molecule has 1 N–H and O–H groups in total. The molecule has 1 saturated heterocycles. The third-order valence-electron chi connectivity index (χ3n) is 3.96. The Hall–Kier alpha value is -1.85. The van der Waals surface area contributed by atoms with Gasteiger partial charge in [-0.1, -0.05) is 23.7 Å². The third kappa shape index (κ3) is 2.74. The summed E-state index contributed by atoms with van der Waals surface area (Å²) in [6.45, 7) is 0.225. The van der Waals surface area contributed by atoms with E-state index in [1.54, 1.807) is 40.9 Å². The quantitative estimate of drug-likeness (QED) is 0.924. The molecule has 1 aromatic carbocycles. The Morgan fingerprint density at radius 1 is 1.41 bits per heavy atom. The number of amides is 1. The number of hydrogen-bond acceptors (Lipinski definition) is 2. The molecule has 1 aliphatic heterocycles. The van der Waals surface area contributed by atoms with E-state index in [-0.39, 0.29) is 24.3 Å². The minimum Gasteiger partial charge on any atom is -0.391 e. The van der Waals surface area contributed by atoms with Gasteiger partial charge in [0.1, 0.15) is 11.5 Å². The van der Waals surface area contributed by atoms with Gasteiger partial charge in [0.2, 0.25) is 0 Å². The second-order valence-electron chi connectivity index (χ2n) is 5.57. The fourth-order valence-electron chi connectivity index (χ4n) is 2.95. The summed E-state index contributed by atoms with van der Waals surface area (Å²) < 4.78 is 15.1. The number of halogens is 2. The van der Waals surface area contributed by atoms with Crippen molar-refractivity contribution in [1.29, 1.82) is 0 Å². The van der Waals surface area contributed by atoms with Gasteiger partial charge in [0, 0.05) is 19.8 Å². The topological polar surface area (TPSA) is 45.5 Å². The van der Waals surface area contributed by atoms with Crippen LogP contribution in [0, 0.1) is 5.82 Å².